The molecular weight excluding hydrogens is 249 g/mol. The highest BCUT2D eigenvalue weighted by atomic mass is 19.1. The number of rotatable bonds is 6. The fourth-order valence-corrected chi connectivity index (χ4v) is 1.71. The summed E-state index contributed by atoms with van der Waals surface area (Å²) >= 11 is 0. The molecule has 0 aliphatic heterocycles. The lowest BCUT2D eigenvalue weighted by molar-refractivity contribution is 0.165. The van der Waals surface area contributed by atoms with Crippen LogP contribution in [-0.2, 0) is 11.2 Å². The molecule has 0 saturated heterocycles. The summed E-state index contributed by atoms with van der Waals surface area (Å²) in [6, 6.07) is 6.09. The Morgan fingerprint density at radius 1 is 1.37 bits per heavy atom. The molecule has 5 nitrogen and oxygen atoms in total. The van der Waals surface area contributed by atoms with Gasteiger partial charge in [-0.25, -0.2) is 4.39 Å². The van der Waals surface area contributed by atoms with Gasteiger partial charge in [-0.1, -0.05) is 5.16 Å². The van der Waals surface area contributed by atoms with Gasteiger partial charge < -0.3 is 14.6 Å². The molecule has 1 heterocycles. The van der Waals surface area contributed by atoms with E-state index < -0.39 is 0 Å². The molecule has 2 rings (SSSR count). The molecule has 1 atom stereocenters. The molecule has 102 valence electrons. The smallest absolute Gasteiger partial charge is 0.228 e. The molecular formula is C13H16FN3O2. The van der Waals surface area contributed by atoms with Gasteiger partial charge in [-0.2, -0.15) is 4.98 Å². The van der Waals surface area contributed by atoms with Crippen LogP contribution in [0.2, 0.25) is 0 Å². The Hall–Kier alpha value is -1.79. The molecule has 1 aromatic carbocycles. The first-order valence-corrected chi connectivity index (χ1v) is 5.97. The lowest BCUT2D eigenvalue weighted by Crippen LogP contribution is -2.32. The maximum atomic E-state index is 12.8. The third-order valence-corrected chi connectivity index (χ3v) is 2.77. The van der Waals surface area contributed by atoms with Gasteiger partial charge in [0.15, 0.2) is 0 Å². The third-order valence-electron chi connectivity index (χ3n) is 2.77. The molecule has 19 heavy (non-hydrogen) atoms. The highest BCUT2D eigenvalue weighted by Crippen LogP contribution is 2.16. The number of hydrogen-bond donors (Lipinski definition) is 1. The monoisotopic (exact) mass is 265 g/mol. The summed E-state index contributed by atoms with van der Waals surface area (Å²) in [6.45, 7) is 0.560. The Bertz CT molecular complexity index is 513. The number of nitrogens with one attached hydrogen (secondary N) is 1. The summed E-state index contributed by atoms with van der Waals surface area (Å²) < 4.78 is 23.1. The Morgan fingerprint density at radius 2 is 2.11 bits per heavy atom. The van der Waals surface area contributed by atoms with Gasteiger partial charge in [0.05, 0.1) is 6.61 Å². The highest BCUT2D eigenvalue weighted by Gasteiger charge is 2.13. The molecule has 2 aromatic rings. The van der Waals surface area contributed by atoms with E-state index in [-0.39, 0.29) is 11.9 Å². The van der Waals surface area contributed by atoms with Gasteiger partial charge in [0, 0.05) is 25.1 Å². The second kappa shape index (κ2) is 6.40. The van der Waals surface area contributed by atoms with Crippen LogP contribution in [0.3, 0.4) is 0 Å². The van der Waals surface area contributed by atoms with E-state index in [4.69, 9.17) is 9.26 Å². The van der Waals surface area contributed by atoms with Crippen molar-refractivity contribution < 1.29 is 13.7 Å². The van der Waals surface area contributed by atoms with Crippen LogP contribution in [0, 0.1) is 5.82 Å². The number of benzene rings is 1. The average molecular weight is 265 g/mol. The van der Waals surface area contributed by atoms with Crippen LogP contribution in [0.5, 0.6) is 0 Å². The van der Waals surface area contributed by atoms with Crippen molar-refractivity contribution in [1.29, 1.82) is 0 Å². The van der Waals surface area contributed by atoms with E-state index >= 15 is 0 Å². The number of halogens is 1. The number of hydrogen-bond acceptors (Lipinski definition) is 5. The summed E-state index contributed by atoms with van der Waals surface area (Å²) in [5.41, 5.74) is 0.726. The van der Waals surface area contributed by atoms with Crippen LogP contribution >= 0.6 is 0 Å². The average Bonchev–Trinajstić information content (AvgIpc) is 2.87. The van der Waals surface area contributed by atoms with E-state index in [1.165, 1.54) is 12.1 Å². The molecule has 6 heteroatoms. The minimum absolute atomic E-state index is 0.117. The first-order valence-electron chi connectivity index (χ1n) is 5.97. The van der Waals surface area contributed by atoms with Crippen molar-refractivity contribution in [2.24, 2.45) is 0 Å². The summed E-state index contributed by atoms with van der Waals surface area (Å²) in [5, 5.41) is 6.99. The van der Waals surface area contributed by atoms with Crippen LogP contribution in [0.4, 0.5) is 4.39 Å². The fourth-order valence-electron chi connectivity index (χ4n) is 1.71. The maximum absolute atomic E-state index is 12.8. The first-order chi connectivity index (χ1) is 9.22. The second-order valence-corrected chi connectivity index (χ2v) is 4.16. The van der Waals surface area contributed by atoms with Crippen molar-refractivity contribution in [2.45, 2.75) is 12.5 Å². The minimum Gasteiger partial charge on any atom is -0.383 e. The van der Waals surface area contributed by atoms with Crippen LogP contribution in [0.1, 0.15) is 5.89 Å². The molecule has 0 spiro atoms. The van der Waals surface area contributed by atoms with E-state index in [0.717, 1.165) is 5.56 Å². The topological polar surface area (TPSA) is 60.2 Å². The zero-order valence-corrected chi connectivity index (χ0v) is 10.9. The number of likely N-dealkylation sites (N-methyl/N-ethyl adjacent to an activating group) is 1. The van der Waals surface area contributed by atoms with Gasteiger partial charge in [-0.15, -0.1) is 0 Å². The van der Waals surface area contributed by atoms with Gasteiger partial charge in [0.25, 0.3) is 0 Å². The van der Waals surface area contributed by atoms with Crippen LogP contribution < -0.4 is 5.32 Å². The largest absolute Gasteiger partial charge is 0.383 e. The van der Waals surface area contributed by atoms with Gasteiger partial charge in [-0.3, -0.25) is 0 Å². The lowest BCUT2D eigenvalue weighted by Gasteiger charge is -2.11. The predicted octanol–water partition coefficient (Wildman–Crippen LogP) is 1.65. The molecule has 0 amide bonds. The van der Waals surface area contributed by atoms with Crippen LogP contribution in [0.15, 0.2) is 28.8 Å². The zero-order valence-electron chi connectivity index (χ0n) is 10.9. The zero-order chi connectivity index (χ0) is 13.7. The molecule has 0 fully saturated rings. The van der Waals surface area contributed by atoms with Crippen molar-refractivity contribution in [3.05, 3.63) is 36.0 Å². The number of aromatic nitrogens is 2. The Morgan fingerprint density at radius 3 is 2.74 bits per heavy atom. The molecule has 1 unspecified atom stereocenters. The third kappa shape index (κ3) is 3.59. The maximum Gasteiger partial charge on any atom is 0.228 e. The normalized spacial score (nSPS) is 12.6. The van der Waals surface area contributed by atoms with Crippen molar-refractivity contribution in [3.8, 4) is 11.4 Å². The molecule has 1 N–H and O–H groups in total. The predicted molar refractivity (Wildman–Crippen MR) is 68.1 cm³/mol. The van der Waals surface area contributed by atoms with Crippen molar-refractivity contribution in [1.82, 2.24) is 15.5 Å². The molecule has 0 aliphatic rings. The Kier molecular flexibility index (Phi) is 4.59. The van der Waals surface area contributed by atoms with E-state index in [9.17, 15) is 4.39 Å². The van der Waals surface area contributed by atoms with E-state index in [1.807, 2.05) is 7.05 Å². The number of ether oxygens (including phenoxy) is 1. The molecule has 0 saturated carbocycles. The first kappa shape index (κ1) is 13.6. The van der Waals surface area contributed by atoms with Crippen molar-refractivity contribution in [2.75, 3.05) is 20.8 Å². The van der Waals surface area contributed by atoms with Crippen LogP contribution in [-0.4, -0.2) is 36.9 Å². The number of methoxy groups -OCH3 is 1. The van der Waals surface area contributed by atoms with Crippen molar-refractivity contribution in [3.63, 3.8) is 0 Å². The standard InChI is InChI=1S/C13H16FN3O2/c1-15-11(8-18-2)7-12-16-13(17-19-12)9-3-5-10(14)6-4-9/h3-6,11,15H,7-8H2,1-2H3. The Balaban J connectivity index is 2.08. The summed E-state index contributed by atoms with van der Waals surface area (Å²) in [6.07, 6.45) is 0.582. The number of nitrogens with zero attached hydrogens (tertiary/aromatic N) is 2. The molecule has 1 aromatic heterocycles. The quantitative estimate of drug-likeness (QED) is 0.860. The van der Waals surface area contributed by atoms with Gasteiger partial charge in [0.1, 0.15) is 5.82 Å². The highest BCUT2D eigenvalue weighted by molar-refractivity contribution is 5.53. The van der Waals surface area contributed by atoms with E-state index in [0.29, 0.717) is 24.7 Å². The molecule has 0 radical (unpaired) electrons. The summed E-state index contributed by atoms with van der Waals surface area (Å²) in [4.78, 5) is 4.28. The summed E-state index contributed by atoms with van der Waals surface area (Å²) in [5.74, 6) is 0.695. The second-order valence-electron chi connectivity index (χ2n) is 4.16. The Labute approximate surface area is 110 Å². The fraction of sp³-hybridized carbons (Fsp3) is 0.385. The van der Waals surface area contributed by atoms with Gasteiger partial charge in [-0.05, 0) is 31.3 Å². The summed E-state index contributed by atoms with van der Waals surface area (Å²) in [7, 11) is 3.49. The van der Waals surface area contributed by atoms with Gasteiger partial charge in [0.2, 0.25) is 11.7 Å². The lowest BCUT2D eigenvalue weighted by atomic mass is 10.2. The van der Waals surface area contributed by atoms with Gasteiger partial charge >= 0.3 is 0 Å². The van der Waals surface area contributed by atoms with E-state index in [2.05, 4.69) is 15.5 Å². The minimum atomic E-state index is -0.289. The molecule has 0 bridgehead atoms. The van der Waals surface area contributed by atoms with Crippen LogP contribution in [0.25, 0.3) is 11.4 Å². The van der Waals surface area contributed by atoms with Crippen molar-refractivity contribution >= 4 is 0 Å². The molecule has 0 aliphatic carbocycles. The SMILES string of the molecule is CNC(COC)Cc1nc(-c2ccc(F)cc2)no1. The van der Waals surface area contributed by atoms with E-state index in [1.54, 1.807) is 19.2 Å².